The maximum Gasteiger partial charge on any atom is 0.123 e. The van der Waals surface area contributed by atoms with Crippen molar-refractivity contribution in [2.45, 2.75) is 25.1 Å². The second kappa shape index (κ2) is 9.76. The highest BCUT2D eigenvalue weighted by Crippen LogP contribution is 2.30. The molecule has 29 heavy (non-hydrogen) atoms. The van der Waals surface area contributed by atoms with E-state index in [4.69, 9.17) is 10.2 Å². The van der Waals surface area contributed by atoms with E-state index in [1.165, 1.54) is 24.3 Å². The van der Waals surface area contributed by atoms with Crippen molar-refractivity contribution in [1.29, 1.82) is 0 Å². The predicted octanol–water partition coefficient (Wildman–Crippen LogP) is 2.82. The van der Waals surface area contributed by atoms with Crippen molar-refractivity contribution in [2.24, 2.45) is 0 Å². The van der Waals surface area contributed by atoms with Gasteiger partial charge in [-0.25, -0.2) is 8.78 Å². The van der Waals surface area contributed by atoms with Crippen LogP contribution in [-0.4, -0.2) is 45.8 Å². The van der Waals surface area contributed by atoms with Crippen LogP contribution < -0.4 is 5.32 Å². The van der Waals surface area contributed by atoms with Gasteiger partial charge < -0.3 is 20.3 Å². The number of hydrogen-bond acceptors (Lipinski definition) is 4. The molecule has 0 saturated carbocycles. The summed E-state index contributed by atoms with van der Waals surface area (Å²) in [4.78, 5) is 3.31. The minimum atomic E-state index is -0.912. The zero-order valence-electron chi connectivity index (χ0n) is 15.8. The fourth-order valence-electron chi connectivity index (χ4n) is 3.16. The summed E-state index contributed by atoms with van der Waals surface area (Å²) in [6.45, 7) is -0.569. The number of halogens is 2. The molecule has 154 valence electrons. The molecule has 0 spiro atoms. The van der Waals surface area contributed by atoms with Gasteiger partial charge in [0.25, 0.3) is 0 Å². The van der Waals surface area contributed by atoms with Crippen LogP contribution in [0.5, 0.6) is 0 Å². The van der Waals surface area contributed by atoms with Crippen molar-refractivity contribution in [1.82, 2.24) is 10.3 Å². The van der Waals surface area contributed by atoms with E-state index in [2.05, 4.69) is 10.3 Å². The second-order valence-electron chi connectivity index (χ2n) is 6.88. The Morgan fingerprint density at radius 1 is 0.862 bits per heavy atom. The van der Waals surface area contributed by atoms with Crippen molar-refractivity contribution in [3.63, 3.8) is 0 Å². The molecule has 2 aromatic carbocycles. The third-order valence-corrected chi connectivity index (χ3v) is 4.74. The first-order valence-corrected chi connectivity index (χ1v) is 9.39. The van der Waals surface area contributed by atoms with Crippen LogP contribution in [0.1, 0.15) is 12.0 Å². The van der Waals surface area contributed by atoms with Gasteiger partial charge in [0.05, 0.1) is 19.3 Å². The summed E-state index contributed by atoms with van der Waals surface area (Å²) in [6.07, 6.45) is -0.0855. The van der Waals surface area contributed by atoms with Gasteiger partial charge in [0, 0.05) is 11.4 Å². The van der Waals surface area contributed by atoms with Crippen LogP contribution in [0.4, 0.5) is 8.78 Å². The lowest BCUT2D eigenvalue weighted by atomic mass is 10.0. The van der Waals surface area contributed by atoms with Crippen molar-refractivity contribution >= 4 is 0 Å². The fraction of sp³-hybridized carbons (Fsp3) is 0.273. The standard InChI is InChI=1S/C22H24F2N2O3/c23-17-6-1-14(2-7-17)20-11-16(5-10-21(29)25-19(12-27)13-28)22(26-20)15-3-8-18(24)9-4-15/h1-4,6-9,11,19,21,25-29H,5,10,12-13H2. The summed E-state index contributed by atoms with van der Waals surface area (Å²) < 4.78 is 26.6. The molecule has 0 aliphatic heterocycles. The van der Waals surface area contributed by atoms with Crippen molar-refractivity contribution < 1.29 is 24.1 Å². The Morgan fingerprint density at radius 2 is 1.41 bits per heavy atom. The molecule has 1 atom stereocenters. The molecule has 3 aromatic rings. The number of aliphatic hydroxyl groups is 3. The van der Waals surface area contributed by atoms with Crippen LogP contribution in [0.3, 0.4) is 0 Å². The van der Waals surface area contributed by atoms with Crippen LogP contribution in [-0.2, 0) is 6.42 Å². The first kappa shape index (κ1) is 21.1. The summed E-state index contributed by atoms with van der Waals surface area (Å²) in [5, 5.41) is 31.2. The van der Waals surface area contributed by atoms with Crippen LogP contribution in [0.25, 0.3) is 22.5 Å². The normalized spacial score (nSPS) is 12.5. The van der Waals surface area contributed by atoms with E-state index >= 15 is 0 Å². The van der Waals surface area contributed by atoms with Gasteiger partial charge in [-0.2, -0.15) is 0 Å². The first-order chi connectivity index (χ1) is 14.0. The number of hydrogen-bond donors (Lipinski definition) is 5. The van der Waals surface area contributed by atoms with Crippen molar-refractivity contribution in [3.05, 3.63) is 71.8 Å². The van der Waals surface area contributed by atoms with Gasteiger partial charge >= 0.3 is 0 Å². The van der Waals surface area contributed by atoms with E-state index < -0.39 is 12.3 Å². The SMILES string of the molecule is OCC(CO)NC(O)CCc1cc(-c2ccc(F)cc2)[nH]c1-c1ccc(F)cc1. The third kappa shape index (κ3) is 5.48. The van der Waals surface area contributed by atoms with Gasteiger partial charge in [-0.15, -0.1) is 0 Å². The highest BCUT2D eigenvalue weighted by molar-refractivity contribution is 5.71. The summed E-state index contributed by atoms with van der Waals surface area (Å²) >= 11 is 0. The number of aryl methyl sites for hydroxylation is 1. The largest absolute Gasteiger partial charge is 0.395 e. The highest BCUT2D eigenvalue weighted by Gasteiger charge is 2.16. The molecule has 0 saturated heterocycles. The van der Waals surface area contributed by atoms with Crippen LogP contribution in [0.2, 0.25) is 0 Å². The van der Waals surface area contributed by atoms with Gasteiger partial charge in [-0.3, -0.25) is 5.32 Å². The van der Waals surface area contributed by atoms with Gasteiger partial charge in [0.15, 0.2) is 0 Å². The van der Waals surface area contributed by atoms with Gasteiger partial charge in [0.1, 0.15) is 17.9 Å². The quantitative estimate of drug-likeness (QED) is 0.356. The Bertz CT molecular complexity index is 907. The average molecular weight is 402 g/mol. The number of nitrogens with one attached hydrogen (secondary N) is 2. The van der Waals surface area contributed by atoms with Gasteiger partial charge in [-0.05, 0) is 84.1 Å². The highest BCUT2D eigenvalue weighted by atomic mass is 19.1. The molecule has 0 amide bonds. The summed E-state index contributed by atoms with van der Waals surface area (Å²) in [5.74, 6) is -0.657. The smallest absolute Gasteiger partial charge is 0.123 e. The zero-order chi connectivity index (χ0) is 20.8. The molecule has 0 fully saturated rings. The Labute approximate surface area is 167 Å². The number of aliphatic hydroxyl groups excluding tert-OH is 3. The maximum absolute atomic E-state index is 13.3. The zero-order valence-corrected chi connectivity index (χ0v) is 15.8. The lowest BCUT2D eigenvalue weighted by Gasteiger charge is -2.18. The number of H-pyrrole nitrogens is 1. The molecule has 0 aliphatic rings. The van der Waals surface area contributed by atoms with E-state index in [0.29, 0.717) is 12.8 Å². The molecule has 1 heterocycles. The summed E-state index contributed by atoms with van der Waals surface area (Å²) in [6, 6.07) is 13.5. The van der Waals surface area contributed by atoms with Crippen LogP contribution in [0, 0.1) is 11.6 Å². The van der Waals surface area contributed by atoms with E-state index in [1.54, 1.807) is 24.3 Å². The van der Waals surface area contributed by atoms with Crippen molar-refractivity contribution in [3.8, 4) is 22.5 Å². The van der Waals surface area contributed by atoms with E-state index in [1.807, 2.05) is 6.07 Å². The molecule has 3 rings (SSSR count). The molecule has 7 heteroatoms. The number of aromatic nitrogens is 1. The minimum Gasteiger partial charge on any atom is -0.395 e. The van der Waals surface area contributed by atoms with E-state index in [9.17, 15) is 13.9 Å². The molecular weight excluding hydrogens is 378 g/mol. The molecule has 1 aromatic heterocycles. The first-order valence-electron chi connectivity index (χ1n) is 9.39. The lowest BCUT2D eigenvalue weighted by molar-refractivity contribution is 0.0759. The van der Waals surface area contributed by atoms with Gasteiger partial charge in [-0.1, -0.05) is 0 Å². The average Bonchev–Trinajstić information content (AvgIpc) is 3.15. The van der Waals surface area contributed by atoms with E-state index in [0.717, 1.165) is 28.1 Å². The Kier molecular flexibility index (Phi) is 7.11. The lowest BCUT2D eigenvalue weighted by Crippen LogP contribution is -2.43. The molecular formula is C22H24F2N2O3. The van der Waals surface area contributed by atoms with Crippen LogP contribution in [0.15, 0.2) is 54.6 Å². The second-order valence-corrected chi connectivity index (χ2v) is 6.88. The number of benzene rings is 2. The Hall–Kier alpha value is -2.58. The third-order valence-electron chi connectivity index (χ3n) is 4.74. The molecule has 5 N–H and O–H groups in total. The monoisotopic (exact) mass is 402 g/mol. The predicted molar refractivity (Wildman–Crippen MR) is 107 cm³/mol. The topological polar surface area (TPSA) is 88.5 Å². The summed E-state index contributed by atoms with van der Waals surface area (Å²) in [5.41, 5.74) is 4.07. The molecule has 0 radical (unpaired) electrons. The minimum absolute atomic E-state index is 0.284. The molecule has 5 nitrogen and oxygen atoms in total. The molecule has 1 unspecified atom stereocenters. The Morgan fingerprint density at radius 3 is 1.97 bits per heavy atom. The molecule has 0 aliphatic carbocycles. The van der Waals surface area contributed by atoms with Gasteiger partial charge in [0.2, 0.25) is 0 Å². The number of rotatable bonds is 9. The van der Waals surface area contributed by atoms with Crippen molar-refractivity contribution in [2.75, 3.05) is 13.2 Å². The Balaban J connectivity index is 1.85. The summed E-state index contributed by atoms with van der Waals surface area (Å²) in [7, 11) is 0. The fourth-order valence-corrected chi connectivity index (χ4v) is 3.16. The maximum atomic E-state index is 13.3. The van der Waals surface area contributed by atoms with Crippen LogP contribution >= 0.6 is 0 Å². The number of aromatic amines is 1. The van der Waals surface area contributed by atoms with E-state index in [-0.39, 0.29) is 24.8 Å². The molecule has 0 bridgehead atoms.